The van der Waals surface area contributed by atoms with E-state index in [1.165, 1.54) is 0 Å². The predicted octanol–water partition coefficient (Wildman–Crippen LogP) is 3.48. The Hall–Kier alpha value is -0.266. The smallest absolute Gasteiger partial charge is 0.244 e. The summed E-state index contributed by atoms with van der Waals surface area (Å²) >= 11 is 0. The number of likely N-dealkylation sites (N-methyl/N-ethyl adjacent to an activating group) is 1. The van der Waals surface area contributed by atoms with Gasteiger partial charge in [-0.25, -0.2) is 0 Å². The first-order valence-corrected chi connectivity index (χ1v) is 13.1. The number of nitrogens with zero attached hydrogens (tertiary/aromatic N) is 1. The maximum absolute atomic E-state index is 6.01. The lowest BCUT2D eigenvalue weighted by Gasteiger charge is -2.29. The van der Waals surface area contributed by atoms with Gasteiger partial charge in [-0.3, -0.25) is 0 Å². The van der Waals surface area contributed by atoms with Crippen molar-refractivity contribution in [1.29, 1.82) is 0 Å². The molecule has 102 valence electrons. The largest absolute Gasteiger partial charge is 0.533 e. The molecule has 0 unspecified atom stereocenters. The molecule has 5 heteroatoms. The molecule has 17 heavy (non-hydrogen) atoms. The van der Waals surface area contributed by atoms with E-state index in [1.54, 1.807) is 0 Å². The second kappa shape index (κ2) is 6.61. The molecule has 0 aliphatic carbocycles. The van der Waals surface area contributed by atoms with Gasteiger partial charge in [-0.15, -0.1) is 0 Å². The van der Waals surface area contributed by atoms with Crippen molar-refractivity contribution >= 4 is 16.6 Å². The highest BCUT2D eigenvalue weighted by Gasteiger charge is 2.20. The maximum atomic E-state index is 6.01. The quantitative estimate of drug-likeness (QED) is 0.524. The van der Waals surface area contributed by atoms with Gasteiger partial charge in [0.05, 0.1) is 6.61 Å². The van der Waals surface area contributed by atoms with Crippen molar-refractivity contribution in [3.63, 3.8) is 0 Å². The Morgan fingerprint density at radius 1 is 1.06 bits per heavy atom. The van der Waals surface area contributed by atoms with Crippen LogP contribution in [0.3, 0.4) is 0 Å². The monoisotopic (exact) mass is 275 g/mol. The molecule has 0 fully saturated rings. The van der Waals surface area contributed by atoms with Crippen molar-refractivity contribution in [2.45, 2.75) is 46.2 Å². The number of allylic oxidation sites excluding steroid dienone is 1. The van der Waals surface area contributed by atoms with Crippen LogP contribution < -0.4 is 0 Å². The third-order valence-corrected chi connectivity index (χ3v) is 3.89. The van der Waals surface area contributed by atoms with E-state index < -0.39 is 16.6 Å². The molecule has 0 atom stereocenters. The number of rotatable bonds is 7. The minimum atomic E-state index is -1.52. The summed E-state index contributed by atoms with van der Waals surface area (Å²) in [4.78, 5) is 2.14. The van der Waals surface area contributed by atoms with Crippen LogP contribution in [0.5, 0.6) is 0 Å². The van der Waals surface area contributed by atoms with Gasteiger partial charge in [0, 0.05) is 13.6 Å². The van der Waals surface area contributed by atoms with Crippen LogP contribution in [0.15, 0.2) is 12.0 Å². The fraction of sp³-hybridized carbons (Fsp3) is 0.833. The summed E-state index contributed by atoms with van der Waals surface area (Å²) in [6, 6.07) is 0. The average Bonchev–Trinajstić information content (AvgIpc) is 2.10. The molecule has 3 nitrogen and oxygen atoms in total. The lowest BCUT2D eigenvalue weighted by Crippen LogP contribution is -2.35. The van der Waals surface area contributed by atoms with Crippen LogP contribution in [-0.2, 0) is 8.85 Å². The highest BCUT2D eigenvalue weighted by Crippen LogP contribution is 2.13. The fourth-order valence-electron chi connectivity index (χ4n) is 1.27. The summed E-state index contributed by atoms with van der Waals surface area (Å²) in [5.74, 6) is 0.975. The molecular formula is C12H29NO2Si2. The zero-order valence-corrected chi connectivity index (χ0v) is 14.8. The van der Waals surface area contributed by atoms with E-state index in [9.17, 15) is 0 Å². The second-order valence-electron chi connectivity index (χ2n) is 6.22. The molecule has 0 aromatic carbocycles. The molecule has 0 rings (SSSR count). The van der Waals surface area contributed by atoms with Crippen LogP contribution in [0.1, 0.15) is 6.92 Å². The Labute approximate surface area is 109 Å². The molecule has 0 radical (unpaired) electrons. The van der Waals surface area contributed by atoms with E-state index in [2.05, 4.69) is 51.2 Å². The summed E-state index contributed by atoms with van der Waals surface area (Å²) in [5, 5.41) is 0. The molecule has 0 bridgehead atoms. The molecule has 0 aliphatic rings. The molecule has 0 aromatic heterocycles. The zero-order valence-electron chi connectivity index (χ0n) is 12.8. The van der Waals surface area contributed by atoms with Gasteiger partial charge in [-0.2, -0.15) is 0 Å². The van der Waals surface area contributed by atoms with Gasteiger partial charge in [0.2, 0.25) is 8.32 Å². The third-order valence-electron chi connectivity index (χ3n) is 2.00. The topological polar surface area (TPSA) is 21.7 Å². The number of hydrogen-bond acceptors (Lipinski definition) is 3. The summed E-state index contributed by atoms with van der Waals surface area (Å²) in [6.45, 7) is 16.9. The van der Waals surface area contributed by atoms with E-state index >= 15 is 0 Å². The van der Waals surface area contributed by atoms with E-state index in [4.69, 9.17) is 8.85 Å². The summed E-state index contributed by atoms with van der Waals surface area (Å²) in [6.07, 6.45) is 2.03. The standard InChI is InChI=1S/C12H29NO2Si2/c1-9-12(15-17(6,7)8)13(2)10-11-14-16(3,4)5/h9H,10-11H2,1-8H3/b12-9-. The van der Waals surface area contributed by atoms with Crippen molar-refractivity contribution < 1.29 is 8.85 Å². The lowest BCUT2D eigenvalue weighted by atomic mass is 10.5. The summed E-state index contributed by atoms with van der Waals surface area (Å²) in [7, 11) is -0.858. The van der Waals surface area contributed by atoms with Crippen molar-refractivity contribution in [3.8, 4) is 0 Å². The minimum Gasteiger partial charge on any atom is -0.533 e. The normalized spacial score (nSPS) is 13.8. The molecule has 0 saturated carbocycles. The Morgan fingerprint density at radius 2 is 1.59 bits per heavy atom. The van der Waals surface area contributed by atoms with Crippen LogP contribution >= 0.6 is 0 Å². The molecule has 0 N–H and O–H groups in total. The van der Waals surface area contributed by atoms with Gasteiger partial charge in [0.1, 0.15) is 0 Å². The third kappa shape index (κ3) is 9.44. The number of hydrogen-bond donors (Lipinski definition) is 0. The minimum absolute atomic E-state index is 0.776. The van der Waals surface area contributed by atoms with Gasteiger partial charge in [-0.05, 0) is 52.3 Å². The van der Waals surface area contributed by atoms with Gasteiger partial charge >= 0.3 is 0 Å². The van der Waals surface area contributed by atoms with Crippen molar-refractivity contribution in [2.75, 3.05) is 20.2 Å². The fourth-order valence-corrected chi connectivity index (χ4v) is 2.87. The van der Waals surface area contributed by atoms with E-state index in [0.717, 1.165) is 19.0 Å². The Kier molecular flexibility index (Phi) is 6.51. The first-order valence-electron chi connectivity index (χ1n) is 6.25. The van der Waals surface area contributed by atoms with E-state index in [1.807, 2.05) is 13.0 Å². The Bertz CT molecular complexity index is 254. The molecule has 0 aliphatic heterocycles. The van der Waals surface area contributed by atoms with E-state index in [-0.39, 0.29) is 0 Å². The Morgan fingerprint density at radius 3 is 1.94 bits per heavy atom. The van der Waals surface area contributed by atoms with Crippen molar-refractivity contribution in [1.82, 2.24) is 4.90 Å². The van der Waals surface area contributed by atoms with Crippen molar-refractivity contribution in [3.05, 3.63) is 12.0 Å². The molecular weight excluding hydrogens is 246 g/mol. The van der Waals surface area contributed by atoms with Crippen LogP contribution in [0.25, 0.3) is 0 Å². The second-order valence-corrected chi connectivity index (χ2v) is 15.2. The first-order chi connectivity index (χ1) is 7.55. The Balaban J connectivity index is 4.16. The first kappa shape index (κ1) is 16.7. The van der Waals surface area contributed by atoms with Crippen LogP contribution in [-0.4, -0.2) is 41.7 Å². The predicted molar refractivity (Wildman–Crippen MR) is 80.1 cm³/mol. The van der Waals surface area contributed by atoms with Gasteiger partial charge < -0.3 is 13.8 Å². The van der Waals surface area contributed by atoms with Gasteiger partial charge in [0.25, 0.3) is 0 Å². The summed E-state index contributed by atoms with van der Waals surface area (Å²) < 4.78 is 11.9. The average molecular weight is 276 g/mol. The highest BCUT2D eigenvalue weighted by atomic mass is 28.4. The molecule has 0 saturated heterocycles. The molecule has 0 aromatic rings. The van der Waals surface area contributed by atoms with Gasteiger partial charge in [-0.1, -0.05) is 0 Å². The van der Waals surface area contributed by atoms with Gasteiger partial charge in [0.15, 0.2) is 14.2 Å². The van der Waals surface area contributed by atoms with E-state index in [0.29, 0.717) is 0 Å². The zero-order chi connectivity index (χ0) is 13.7. The maximum Gasteiger partial charge on any atom is 0.244 e. The van der Waals surface area contributed by atoms with Crippen molar-refractivity contribution in [2.24, 2.45) is 0 Å². The van der Waals surface area contributed by atoms with Crippen LogP contribution in [0.4, 0.5) is 0 Å². The molecule has 0 heterocycles. The SMILES string of the molecule is C/C=C(\O[Si](C)(C)C)N(C)CCO[Si](C)(C)C. The highest BCUT2D eigenvalue weighted by molar-refractivity contribution is 6.70. The molecule has 0 amide bonds. The van der Waals surface area contributed by atoms with Crippen LogP contribution in [0.2, 0.25) is 39.3 Å². The molecule has 0 spiro atoms. The lowest BCUT2D eigenvalue weighted by molar-refractivity contribution is 0.199. The summed E-state index contributed by atoms with van der Waals surface area (Å²) in [5.41, 5.74) is 0. The van der Waals surface area contributed by atoms with Crippen LogP contribution in [0, 0.1) is 0 Å².